The number of ketones is 1. The van der Waals surface area contributed by atoms with Gasteiger partial charge >= 0.3 is 5.97 Å². The van der Waals surface area contributed by atoms with Crippen molar-refractivity contribution >= 4 is 17.7 Å². The number of hydrogen-bond acceptors (Lipinski definition) is 4. The molecule has 1 amide bonds. The molecule has 2 aromatic rings. The molecule has 1 saturated carbocycles. The van der Waals surface area contributed by atoms with Crippen molar-refractivity contribution in [2.45, 2.75) is 33.6 Å². The maximum Gasteiger partial charge on any atom is 0.355 e. The summed E-state index contributed by atoms with van der Waals surface area (Å²) in [5.74, 6) is -1.29. The Morgan fingerprint density at radius 1 is 1.24 bits per heavy atom. The lowest BCUT2D eigenvalue weighted by atomic mass is 10.0. The highest BCUT2D eigenvalue weighted by molar-refractivity contribution is 6.05. The number of ether oxygens (including phenoxy) is 1. The van der Waals surface area contributed by atoms with Gasteiger partial charge in [0, 0.05) is 23.4 Å². The highest BCUT2D eigenvalue weighted by atomic mass is 19.1. The summed E-state index contributed by atoms with van der Waals surface area (Å²) in [6.45, 7) is 5.66. The third-order valence-electron chi connectivity index (χ3n) is 5.06. The van der Waals surface area contributed by atoms with Gasteiger partial charge in [0.05, 0.1) is 13.2 Å². The van der Waals surface area contributed by atoms with Crippen LogP contribution in [0.3, 0.4) is 0 Å². The second kappa shape index (κ2) is 8.59. The second-order valence-corrected chi connectivity index (χ2v) is 7.41. The summed E-state index contributed by atoms with van der Waals surface area (Å²) in [5.41, 5.74) is 1.92. The number of hydrogen-bond donors (Lipinski definition) is 1. The molecule has 0 bridgehead atoms. The lowest BCUT2D eigenvalue weighted by molar-refractivity contribution is 0.0519. The molecule has 0 saturated heterocycles. The molecule has 1 aliphatic rings. The molecule has 7 heteroatoms. The molecule has 6 nitrogen and oxygen atoms in total. The second-order valence-electron chi connectivity index (χ2n) is 7.41. The minimum absolute atomic E-state index is 0.131. The van der Waals surface area contributed by atoms with Crippen molar-refractivity contribution in [3.8, 4) is 0 Å². The molecule has 29 heavy (non-hydrogen) atoms. The van der Waals surface area contributed by atoms with Crippen LogP contribution in [0.25, 0.3) is 0 Å². The van der Waals surface area contributed by atoms with Crippen molar-refractivity contribution in [3.63, 3.8) is 0 Å². The number of aryl methyl sites for hydroxylation is 1. The maximum atomic E-state index is 13.6. The van der Waals surface area contributed by atoms with Gasteiger partial charge in [-0.2, -0.15) is 0 Å². The van der Waals surface area contributed by atoms with Crippen LogP contribution < -0.4 is 0 Å². The third-order valence-corrected chi connectivity index (χ3v) is 5.06. The number of benzene rings is 1. The summed E-state index contributed by atoms with van der Waals surface area (Å²) >= 11 is 0. The topological polar surface area (TPSA) is 79.5 Å². The van der Waals surface area contributed by atoms with Gasteiger partial charge in [0.25, 0.3) is 5.91 Å². The summed E-state index contributed by atoms with van der Waals surface area (Å²) in [7, 11) is 0. The number of nitrogens with one attached hydrogen (secondary N) is 1. The number of esters is 1. The van der Waals surface area contributed by atoms with E-state index in [0.717, 1.165) is 12.8 Å². The first-order chi connectivity index (χ1) is 13.8. The van der Waals surface area contributed by atoms with E-state index in [1.54, 1.807) is 26.8 Å². The minimum atomic E-state index is -0.516. The Balaban J connectivity index is 1.84. The van der Waals surface area contributed by atoms with E-state index in [9.17, 15) is 18.8 Å². The average molecular weight is 400 g/mol. The molecule has 1 aliphatic carbocycles. The highest BCUT2D eigenvalue weighted by Crippen LogP contribution is 2.30. The molecule has 0 spiro atoms. The monoisotopic (exact) mass is 400 g/mol. The Morgan fingerprint density at radius 2 is 1.97 bits per heavy atom. The molecule has 154 valence electrons. The normalized spacial score (nSPS) is 13.2. The van der Waals surface area contributed by atoms with Crippen molar-refractivity contribution in [1.82, 2.24) is 9.88 Å². The van der Waals surface area contributed by atoms with Gasteiger partial charge in [-0.05, 0) is 63.3 Å². The number of Topliss-reactive ketones (excluding diaryl/α,β-unsaturated/α-hetero) is 1. The quantitative estimate of drug-likeness (QED) is 0.541. The van der Waals surface area contributed by atoms with E-state index in [2.05, 4.69) is 4.98 Å². The van der Waals surface area contributed by atoms with Crippen LogP contribution in [0.4, 0.5) is 4.39 Å². The van der Waals surface area contributed by atoms with Gasteiger partial charge in [-0.1, -0.05) is 6.07 Å². The van der Waals surface area contributed by atoms with Crippen molar-refractivity contribution in [2.24, 2.45) is 5.92 Å². The zero-order chi connectivity index (χ0) is 21.1. The van der Waals surface area contributed by atoms with Gasteiger partial charge in [0.2, 0.25) is 0 Å². The number of amides is 1. The van der Waals surface area contributed by atoms with Crippen LogP contribution in [0.5, 0.6) is 0 Å². The number of nitrogens with zero attached hydrogens (tertiary/aromatic N) is 1. The van der Waals surface area contributed by atoms with Crippen LogP contribution in [0, 0.1) is 25.6 Å². The molecular formula is C22H25FN2O4. The maximum absolute atomic E-state index is 13.6. The largest absolute Gasteiger partial charge is 0.461 e. The van der Waals surface area contributed by atoms with Gasteiger partial charge in [-0.3, -0.25) is 9.59 Å². The van der Waals surface area contributed by atoms with Crippen LogP contribution in [0.2, 0.25) is 0 Å². The Labute approximate surface area is 169 Å². The molecule has 0 atom stereocenters. The van der Waals surface area contributed by atoms with Crippen LogP contribution in [0.15, 0.2) is 24.3 Å². The zero-order valence-electron chi connectivity index (χ0n) is 16.9. The molecule has 1 aromatic carbocycles. The first-order valence-corrected chi connectivity index (χ1v) is 9.76. The summed E-state index contributed by atoms with van der Waals surface area (Å²) in [6.07, 6.45) is 2.02. The first kappa shape index (κ1) is 20.8. The number of halogens is 1. The predicted octanol–water partition coefficient (Wildman–Crippen LogP) is 3.68. The van der Waals surface area contributed by atoms with Gasteiger partial charge < -0.3 is 14.6 Å². The number of aromatic nitrogens is 1. The Hall–Kier alpha value is -2.96. The standard InChI is InChI=1S/C22H25FN2O4/c1-4-29-22(28)20-13(2)19(14(3)24-20)18(26)12-25(11-15-8-9-15)21(27)16-6-5-7-17(23)10-16/h5-7,10,15,24H,4,8-9,11-12H2,1-3H3. The minimum Gasteiger partial charge on any atom is -0.461 e. The van der Waals surface area contributed by atoms with Crippen molar-refractivity contribution in [2.75, 3.05) is 19.7 Å². The Bertz CT molecular complexity index is 946. The number of aromatic amines is 1. The Kier molecular flexibility index (Phi) is 6.15. The number of H-pyrrole nitrogens is 1. The summed E-state index contributed by atoms with van der Waals surface area (Å²) < 4.78 is 18.6. The van der Waals surface area contributed by atoms with E-state index in [1.807, 2.05) is 0 Å². The van der Waals surface area contributed by atoms with Gasteiger partial charge in [0.1, 0.15) is 11.5 Å². The van der Waals surface area contributed by atoms with Crippen molar-refractivity contribution in [1.29, 1.82) is 0 Å². The SMILES string of the molecule is CCOC(=O)c1[nH]c(C)c(C(=O)CN(CC2CC2)C(=O)c2cccc(F)c2)c1C. The van der Waals surface area contributed by atoms with Gasteiger partial charge in [0.15, 0.2) is 5.78 Å². The number of carbonyl (C=O) groups excluding carboxylic acids is 3. The van der Waals surface area contributed by atoms with E-state index >= 15 is 0 Å². The average Bonchev–Trinajstić information content (AvgIpc) is 3.43. The number of rotatable bonds is 8. The smallest absolute Gasteiger partial charge is 0.355 e. The summed E-state index contributed by atoms with van der Waals surface area (Å²) in [4.78, 5) is 42.5. The van der Waals surface area contributed by atoms with Crippen LogP contribution in [-0.4, -0.2) is 47.2 Å². The lowest BCUT2D eigenvalue weighted by Crippen LogP contribution is -2.37. The lowest BCUT2D eigenvalue weighted by Gasteiger charge is -2.22. The molecule has 1 aromatic heterocycles. The third kappa shape index (κ3) is 4.72. The highest BCUT2D eigenvalue weighted by Gasteiger charge is 2.30. The van der Waals surface area contributed by atoms with E-state index in [0.29, 0.717) is 29.3 Å². The Morgan fingerprint density at radius 3 is 2.59 bits per heavy atom. The fourth-order valence-electron chi connectivity index (χ4n) is 3.46. The molecule has 1 heterocycles. The molecule has 1 N–H and O–H groups in total. The molecule has 0 radical (unpaired) electrons. The predicted molar refractivity (Wildman–Crippen MR) is 106 cm³/mol. The molecular weight excluding hydrogens is 375 g/mol. The molecule has 0 aliphatic heterocycles. The molecule has 3 rings (SSSR count). The van der Waals surface area contributed by atoms with Crippen LogP contribution in [-0.2, 0) is 4.74 Å². The summed E-state index contributed by atoms with van der Waals surface area (Å²) in [5, 5.41) is 0. The number of carbonyl (C=O) groups is 3. The molecule has 0 unspecified atom stereocenters. The fourth-order valence-corrected chi connectivity index (χ4v) is 3.46. The van der Waals surface area contributed by atoms with Gasteiger partial charge in [-0.25, -0.2) is 9.18 Å². The molecule has 1 fully saturated rings. The van der Waals surface area contributed by atoms with E-state index < -0.39 is 11.8 Å². The fraction of sp³-hybridized carbons (Fsp3) is 0.409. The van der Waals surface area contributed by atoms with Crippen LogP contribution in [0.1, 0.15) is 62.2 Å². The van der Waals surface area contributed by atoms with Crippen LogP contribution >= 0.6 is 0 Å². The van der Waals surface area contributed by atoms with Gasteiger partial charge in [-0.15, -0.1) is 0 Å². The zero-order valence-corrected chi connectivity index (χ0v) is 16.9. The van der Waals surface area contributed by atoms with Crippen molar-refractivity contribution in [3.05, 3.63) is 58.2 Å². The van der Waals surface area contributed by atoms with E-state index in [-0.39, 0.29) is 36.1 Å². The van der Waals surface area contributed by atoms with Crippen molar-refractivity contribution < 1.29 is 23.5 Å². The summed E-state index contributed by atoms with van der Waals surface area (Å²) in [6, 6.07) is 5.47. The van der Waals surface area contributed by atoms with E-state index in [1.165, 1.54) is 23.1 Å². The van der Waals surface area contributed by atoms with E-state index in [4.69, 9.17) is 4.74 Å². The first-order valence-electron chi connectivity index (χ1n) is 9.76.